The molecule has 0 unspecified atom stereocenters. The van der Waals surface area contributed by atoms with Gasteiger partial charge in [-0.3, -0.25) is 9.59 Å². The molecule has 0 atom stereocenters. The monoisotopic (exact) mass is 446 g/mol. The fourth-order valence-corrected chi connectivity index (χ4v) is 4.18. The van der Waals surface area contributed by atoms with Crippen molar-refractivity contribution >= 4 is 40.4 Å². The van der Waals surface area contributed by atoms with Gasteiger partial charge < -0.3 is 10.1 Å². The number of methoxy groups -OCH3 is 1. The van der Waals surface area contributed by atoms with Crippen LogP contribution in [0.2, 0.25) is 5.02 Å². The van der Waals surface area contributed by atoms with Crippen LogP contribution in [0.5, 0.6) is 5.75 Å². The van der Waals surface area contributed by atoms with E-state index in [1.807, 2.05) is 32.9 Å². The van der Waals surface area contributed by atoms with E-state index < -0.39 is 11.8 Å². The van der Waals surface area contributed by atoms with Gasteiger partial charge >= 0.3 is 0 Å². The minimum absolute atomic E-state index is 0.236. The SMILES string of the molecule is COc1ccc(C2=C(Nc3cc(C)cc(C)c3)C(=O)N(c3ccc(Cl)cc3C)C2=O)cc1. The van der Waals surface area contributed by atoms with Gasteiger partial charge in [-0.25, -0.2) is 4.90 Å². The average Bonchev–Trinajstić information content (AvgIpc) is 2.97. The normalized spacial score (nSPS) is 13.7. The summed E-state index contributed by atoms with van der Waals surface area (Å²) in [6, 6.07) is 18.1. The molecule has 0 bridgehead atoms. The predicted molar refractivity (Wildman–Crippen MR) is 128 cm³/mol. The van der Waals surface area contributed by atoms with Crippen LogP contribution in [0.15, 0.2) is 66.4 Å². The maximum absolute atomic E-state index is 13.6. The summed E-state index contributed by atoms with van der Waals surface area (Å²) in [6.07, 6.45) is 0. The summed E-state index contributed by atoms with van der Waals surface area (Å²) in [5.41, 5.74) is 5.28. The average molecular weight is 447 g/mol. The van der Waals surface area contributed by atoms with E-state index in [9.17, 15) is 9.59 Å². The molecule has 0 radical (unpaired) electrons. The topological polar surface area (TPSA) is 58.6 Å². The predicted octanol–water partition coefficient (Wildman–Crippen LogP) is 5.67. The summed E-state index contributed by atoms with van der Waals surface area (Å²) < 4.78 is 5.24. The molecule has 1 heterocycles. The second-order valence-corrected chi connectivity index (χ2v) is 8.29. The van der Waals surface area contributed by atoms with Crippen molar-refractivity contribution in [2.45, 2.75) is 20.8 Å². The number of anilines is 2. The Morgan fingerprint density at radius 3 is 2.09 bits per heavy atom. The second-order valence-electron chi connectivity index (χ2n) is 7.86. The van der Waals surface area contributed by atoms with Crippen LogP contribution in [0.25, 0.3) is 5.57 Å². The molecular weight excluding hydrogens is 424 g/mol. The lowest BCUT2D eigenvalue weighted by molar-refractivity contribution is -0.120. The maximum Gasteiger partial charge on any atom is 0.282 e. The fourth-order valence-electron chi connectivity index (χ4n) is 3.95. The van der Waals surface area contributed by atoms with Crippen LogP contribution < -0.4 is 15.0 Å². The minimum Gasteiger partial charge on any atom is -0.497 e. The standard InChI is InChI=1S/C26H23ClN2O3/c1-15-11-16(2)13-20(12-15)28-24-23(18-5-8-21(32-4)9-6-18)25(30)29(26(24)31)22-10-7-19(27)14-17(22)3/h5-14,28H,1-4H3. The number of amides is 2. The van der Waals surface area contributed by atoms with Crippen LogP contribution in [0, 0.1) is 20.8 Å². The molecule has 4 rings (SSSR count). The first-order chi connectivity index (χ1) is 15.3. The van der Waals surface area contributed by atoms with Gasteiger partial charge in [0, 0.05) is 10.7 Å². The summed E-state index contributed by atoms with van der Waals surface area (Å²) in [5.74, 6) is -0.136. The molecule has 0 aromatic heterocycles. The van der Waals surface area contributed by atoms with Crippen LogP contribution in [0.4, 0.5) is 11.4 Å². The number of carbonyl (C=O) groups excluding carboxylic acids is 2. The number of carbonyl (C=O) groups is 2. The van der Waals surface area contributed by atoms with E-state index in [-0.39, 0.29) is 5.70 Å². The van der Waals surface area contributed by atoms with E-state index in [0.717, 1.165) is 22.4 Å². The van der Waals surface area contributed by atoms with Gasteiger partial charge in [-0.05, 0) is 85.5 Å². The molecule has 1 aliphatic rings. The molecule has 0 saturated carbocycles. The molecule has 3 aromatic rings. The number of imide groups is 1. The molecule has 3 aromatic carbocycles. The van der Waals surface area contributed by atoms with Crippen molar-refractivity contribution in [2.75, 3.05) is 17.3 Å². The van der Waals surface area contributed by atoms with E-state index in [0.29, 0.717) is 27.6 Å². The Hall–Kier alpha value is -3.57. The quantitative estimate of drug-likeness (QED) is 0.513. The highest BCUT2D eigenvalue weighted by atomic mass is 35.5. The van der Waals surface area contributed by atoms with Gasteiger partial charge in [0.2, 0.25) is 0 Å². The van der Waals surface area contributed by atoms with Crippen molar-refractivity contribution in [3.8, 4) is 5.75 Å². The first kappa shape index (κ1) is 21.7. The molecule has 1 N–H and O–H groups in total. The number of aryl methyl sites for hydroxylation is 3. The molecule has 1 aliphatic heterocycles. The molecule has 5 nitrogen and oxygen atoms in total. The van der Waals surface area contributed by atoms with E-state index in [1.165, 1.54) is 4.90 Å². The van der Waals surface area contributed by atoms with Crippen molar-refractivity contribution in [1.29, 1.82) is 0 Å². The molecule has 0 saturated heterocycles. The lowest BCUT2D eigenvalue weighted by Crippen LogP contribution is -2.33. The number of rotatable bonds is 5. The summed E-state index contributed by atoms with van der Waals surface area (Å²) in [5, 5.41) is 3.76. The lowest BCUT2D eigenvalue weighted by Gasteiger charge is -2.18. The van der Waals surface area contributed by atoms with Crippen molar-refractivity contribution in [1.82, 2.24) is 0 Å². The Kier molecular flexibility index (Phi) is 5.76. The zero-order valence-electron chi connectivity index (χ0n) is 18.3. The summed E-state index contributed by atoms with van der Waals surface area (Å²) in [4.78, 5) is 28.4. The van der Waals surface area contributed by atoms with Gasteiger partial charge in [0.25, 0.3) is 11.8 Å². The van der Waals surface area contributed by atoms with Crippen LogP contribution in [-0.4, -0.2) is 18.9 Å². The van der Waals surface area contributed by atoms with Crippen LogP contribution in [-0.2, 0) is 9.59 Å². The highest BCUT2D eigenvalue weighted by Crippen LogP contribution is 2.36. The first-order valence-electron chi connectivity index (χ1n) is 10.2. The van der Waals surface area contributed by atoms with E-state index in [2.05, 4.69) is 11.4 Å². The zero-order valence-corrected chi connectivity index (χ0v) is 19.1. The zero-order chi connectivity index (χ0) is 23.0. The van der Waals surface area contributed by atoms with Crippen LogP contribution in [0.1, 0.15) is 22.3 Å². The smallest absolute Gasteiger partial charge is 0.282 e. The molecule has 0 aliphatic carbocycles. The Morgan fingerprint density at radius 2 is 1.50 bits per heavy atom. The van der Waals surface area contributed by atoms with Crippen LogP contribution >= 0.6 is 11.6 Å². The number of benzene rings is 3. The van der Waals surface area contributed by atoms with Crippen molar-refractivity contribution in [2.24, 2.45) is 0 Å². The Morgan fingerprint density at radius 1 is 0.844 bits per heavy atom. The van der Waals surface area contributed by atoms with Gasteiger partial charge in [0.1, 0.15) is 11.4 Å². The number of nitrogens with zero attached hydrogens (tertiary/aromatic N) is 1. The van der Waals surface area contributed by atoms with Gasteiger partial charge in [-0.2, -0.15) is 0 Å². The van der Waals surface area contributed by atoms with Gasteiger partial charge in [0.05, 0.1) is 18.4 Å². The summed E-state index contributed by atoms with van der Waals surface area (Å²) in [7, 11) is 1.58. The minimum atomic E-state index is -0.412. The summed E-state index contributed by atoms with van der Waals surface area (Å²) >= 11 is 6.09. The van der Waals surface area contributed by atoms with Crippen molar-refractivity contribution in [3.63, 3.8) is 0 Å². The molecule has 32 heavy (non-hydrogen) atoms. The third-order valence-corrected chi connectivity index (χ3v) is 5.59. The van der Waals surface area contributed by atoms with Gasteiger partial charge in [0.15, 0.2) is 0 Å². The number of halogens is 1. The largest absolute Gasteiger partial charge is 0.497 e. The molecule has 6 heteroatoms. The molecular formula is C26H23ClN2O3. The molecule has 0 fully saturated rings. The maximum atomic E-state index is 13.6. The van der Waals surface area contributed by atoms with Crippen molar-refractivity contribution in [3.05, 3.63) is 93.6 Å². The Bertz CT molecular complexity index is 1240. The second kappa shape index (κ2) is 8.52. The number of hydrogen-bond acceptors (Lipinski definition) is 4. The highest BCUT2D eigenvalue weighted by Gasteiger charge is 2.40. The van der Waals surface area contributed by atoms with Crippen LogP contribution in [0.3, 0.4) is 0 Å². The van der Waals surface area contributed by atoms with E-state index in [4.69, 9.17) is 16.3 Å². The van der Waals surface area contributed by atoms with Gasteiger partial charge in [-0.15, -0.1) is 0 Å². The first-order valence-corrected chi connectivity index (χ1v) is 10.5. The Balaban J connectivity index is 1.84. The van der Waals surface area contributed by atoms with Gasteiger partial charge in [-0.1, -0.05) is 29.8 Å². The number of ether oxygens (including phenoxy) is 1. The fraction of sp³-hybridized carbons (Fsp3) is 0.154. The number of hydrogen-bond donors (Lipinski definition) is 1. The molecule has 0 spiro atoms. The van der Waals surface area contributed by atoms with E-state index >= 15 is 0 Å². The number of nitrogens with one attached hydrogen (secondary N) is 1. The summed E-state index contributed by atoms with van der Waals surface area (Å²) in [6.45, 7) is 5.80. The lowest BCUT2D eigenvalue weighted by atomic mass is 10.0. The highest BCUT2D eigenvalue weighted by molar-refractivity contribution is 6.46. The third kappa shape index (κ3) is 3.99. The Labute approximate surface area is 192 Å². The molecule has 2 amide bonds. The third-order valence-electron chi connectivity index (χ3n) is 5.35. The molecule has 162 valence electrons. The van der Waals surface area contributed by atoms with Crippen molar-refractivity contribution < 1.29 is 14.3 Å². The van der Waals surface area contributed by atoms with E-state index in [1.54, 1.807) is 49.6 Å².